The highest BCUT2D eigenvalue weighted by molar-refractivity contribution is 8.07. The number of carbonyl (C=O) groups excluding carboxylic acids is 1. The highest BCUT2D eigenvalue weighted by Crippen LogP contribution is 2.29. The van der Waals surface area contributed by atoms with E-state index in [0.717, 1.165) is 40.2 Å². The summed E-state index contributed by atoms with van der Waals surface area (Å²) in [5.41, 5.74) is 13.2. The second-order valence-electron chi connectivity index (χ2n) is 7.56. The Morgan fingerprint density at radius 3 is 2.70 bits per heavy atom. The molecule has 3 aromatic heterocycles. The number of thioether (sulfide) groups is 1. The fourth-order valence-electron chi connectivity index (χ4n) is 3.31. The monoisotopic (exact) mass is 517 g/mol. The Kier molecular flexibility index (Phi) is 10.2. The lowest BCUT2D eigenvalue weighted by Gasteiger charge is -2.08. The van der Waals surface area contributed by atoms with Crippen molar-refractivity contribution in [2.45, 2.75) is 6.92 Å². The van der Waals surface area contributed by atoms with Crippen LogP contribution in [0.15, 0.2) is 79.5 Å². The van der Waals surface area contributed by atoms with Crippen LogP contribution in [0.4, 0.5) is 16.0 Å². The van der Waals surface area contributed by atoms with Gasteiger partial charge in [0.05, 0.1) is 17.3 Å². The Labute approximate surface area is 219 Å². The first-order valence-electron chi connectivity index (χ1n) is 11.4. The van der Waals surface area contributed by atoms with Gasteiger partial charge in [0.25, 0.3) is 0 Å². The van der Waals surface area contributed by atoms with Gasteiger partial charge in [0, 0.05) is 34.8 Å². The molecule has 37 heavy (non-hydrogen) atoms. The Morgan fingerprint density at radius 2 is 1.95 bits per heavy atom. The highest BCUT2D eigenvalue weighted by atomic mass is 32.2. The summed E-state index contributed by atoms with van der Waals surface area (Å²) in [7, 11) is 0. The summed E-state index contributed by atoms with van der Waals surface area (Å²) in [6.45, 7) is 3.09. The van der Waals surface area contributed by atoms with Crippen LogP contribution in [0.3, 0.4) is 0 Å². The molecule has 0 aliphatic carbocycles. The molecule has 10 heteroatoms. The van der Waals surface area contributed by atoms with Gasteiger partial charge in [0.2, 0.25) is 0 Å². The van der Waals surface area contributed by atoms with Gasteiger partial charge in [-0.1, -0.05) is 25.1 Å². The molecule has 0 spiro atoms. The summed E-state index contributed by atoms with van der Waals surface area (Å²) in [5.74, 6) is -0.0526. The van der Waals surface area contributed by atoms with Crippen molar-refractivity contribution in [3.05, 3.63) is 102 Å². The van der Waals surface area contributed by atoms with Crippen LogP contribution in [0.5, 0.6) is 0 Å². The van der Waals surface area contributed by atoms with E-state index in [0.29, 0.717) is 23.7 Å². The number of nitrogens with zero attached hydrogens (tertiary/aromatic N) is 4. The molecule has 0 bridgehead atoms. The molecule has 0 fully saturated rings. The SMILES string of the molecule is CCN.CS/C(=C\C=C\CNc1ncccc1C(=O)c1cncc(F)c1)c1ccc2ncnc(N)c2c1. The van der Waals surface area contributed by atoms with E-state index in [1.165, 1.54) is 12.5 Å². The molecule has 0 aliphatic rings. The Balaban J connectivity index is 0.00000121. The summed E-state index contributed by atoms with van der Waals surface area (Å²) in [5, 5.41) is 3.95. The van der Waals surface area contributed by atoms with Crippen molar-refractivity contribution in [1.82, 2.24) is 19.9 Å². The fourth-order valence-corrected chi connectivity index (χ4v) is 3.89. The molecule has 5 N–H and O–H groups in total. The lowest BCUT2D eigenvalue weighted by Crippen LogP contribution is -2.10. The van der Waals surface area contributed by atoms with E-state index in [1.54, 1.807) is 30.1 Å². The van der Waals surface area contributed by atoms with Crippen LogP contribution in [0, 0.1) is 5.82 Å². The zero-order chi connectivity index (χ0) is 26.6. The summed E-state index contributed by atoms with van der Waals surface area (Å²) in [6, 6.07) is 10.4. The van der Waals surface area contributed by atoms with Gasteiger partial charge in [0.15, 0.2) is 5.78 Å². The Bertz CT molecular complexity index is 1430. The number of ketones is 1. The molecule has 4 aromatic rings. The number of aromatic nitrogens is 4. The first-order valence-corrected chi connectivity index (χ1v) is 12.7. The van der Waals surface area contributed by atoms with Crippen molar-refractivity contribution < 1.29 is 9.18 Å². The number of pyridine rings is 2. The van der Waals surface area contributed by atoms with Gasteiger partial charge < -0.3 is 16.8 Å². The summed E-state index contributed by atoms with van der Waals surface area (Å²) >= 11 is 1.61. The fraction of sp³-hybridized carbons (Fsp3) is 0.148. The molecule has 0 saturated heterocycles. The van der Waals surface area contributed by atoms with Gasteiger partial charge in [0.1, 0.15) is 23.8 Å². The highest BCUT2D eigenvalue weighted by Gasteiger charge is 2.15. The van der Waals surface area contributed by atoms with E-state index in [-0.39, 0.29) is 11.3 Å². The Hall–Kier alpha value is -4.15. The van der Waals surface area contributed by atoms with Crippen LogP contribution in [0.1, 0.15) is 28.4 Å². The average molecular weight is 518 g/mol. The van der Waals surface area contributed by atoms with E-state index in [2.05, 4.69) is 25.3 Å². The van der Waals surface area contributed by atoms with Gasteiger partial charge in [-0.05, 0) is 54.8 Å². The number of halogens is 1. The molecule has 0 aliphatic heterocycles. The second kappa shape index (κ2) is 13.8. The molecular weight excluding hydrogens is 489 g/mol. The number of hydrogen-bond donors (Lipinski definition) is 3. The van der Waals surface area contributed by atoms with E-state index in [9.17, 15) is 9.18 Å². The van der Waals surface area contributed by atoms with Crippen molar-refractivity contribution in [3.8, 4) is 0 Å². The maximum absolute atomic E-state index is 13.5. The quantitative estimate of drug-likeness (QED) is 0.224. The van der Waals surface area contributed by atoms with Crippen LogP contribution in [0.2, 0.25) is 0 Å². The molecule has 3 heterocycles. The lowest BCUT2D eigenvalue weighted by molar-refractivity contribution is 0.103. The molecule has 8 nitrogen and oxygen atoms in total. The van der Waals surface area contributed by atoms with Gasteiger partial charge >= 0.3 is 0 Å². The normalized spacial score (nSPS) is 11.3. The average Bonchev–Trinajstić information content (AvgIpc) is 2.91. The molecular formula is C27H28FN7OS. The molecule has 0 unspecified atom stereocenters. The van der Waals surface area contributed by atoms with Crippen molar-refractivity contribution in [2.24, 2.45) is 5.73 Å². The number of nitrogens with one attached hydrogen (secondary N) is 1. The number of anilines is 2. The predicted octanol–water partition coefficient (Wildman–Crippen LogP) is 4.71. The molecule has 0 radical (unpaired) electrons. The van der Waals surface area contributed by atoms with E-state index in [4.69, 9.17) is 11.5 Å². The van der Waals surface area contributed by atoms with E-state index < -0.39 is 5.82 Å². The standard InChI is InChI=1S/C25H21FN6OS.C2H7N/c1-34-22(16-7-8-21-20(12-16)24(27)32-15-31-21)6-2-3-9-29-25-19(5-4-10-30-25)23(33)17-11-18(26)14-28-13-17;1-2-3/h2-8,10-15H,9H2,1H3,(H,29,30)(H2,27,31,32);2-3H2,1H3/b3-2+,22-6-;. The molecule has 4 rings (SSSR count). The zero-order valence-electron chi connectivity index (χ0n) is 20.6. The minimum Gasteiger partial charge on any atom is -0.383 e. The first kappa shape index (κ1) is 27.4. The number of allylic oxidation sites excluding steroid dienone is 2. The maximum Gasteiger partial charge on any atom is 0.198 e. The van der Waals surface area contributed by atoms with Gasteiger partial charge in [-0.25, -0.2) is 19.3 Å². The van der Waals surface area contributed by atoms with E-state index >= 15 is 0 Å². The third-order valence-corrected chi connectivity index (χ3v) is 5.77. The molecule has 0 atom stereocenters. The minimum atomic E-state index is -0.565. The summed E-state index contributed by atoms with van der Waals surface area (Å²) < 4.78 is 13.5. The third kappa shape index (κ3) is 7.42. The molecule has 0 amide bonds. The van der Waals surface area contributed by atoms with Gasteiger partial charge in [-0.15, -0.1) is 11.8 Å². The topological polar surface area (TPSA) is 133 Å². The van der Waals surface area contributed by atoms with Crippen LogP contribution in [-0.2, 0) is 0 Å². The smallest absolute Gasteiger partial charge is 0.198 e. The largest absolute Gasteiger partial charge is 0.383 e. The number of nitrogen functional groups attached to an aromatic ring is 1. The van der Waals surface area contributed by atoms with Crippen LogP contribution in [0.25, 0.3) is 15.8 Å². The number of benzene rings is 1. The van der Waals surface area contributed by atoms with Crippen LogP contribution >= 0.6 is 11.8 Å². The first-order chi connectivity index (χ1) is 18.0. The van der Waals surface area contributed by atoms with Crippen molar-refractivity contribution in [3.63, 3.8) is 0 Å². The minimum absolute atomic E-state index is 0.167. The Morgan fingerprint density at radius 1 is 1.14 bits per heavy atom. The van der Waals surface area contributed by atoms with Crippen molar-refractivity contribution >= 4 is 45.0 Å². The number of fused-ring (bicyclic) bond motifs is 1. The number of carbonyl (C=O) groups is 1. The van der Waals surface area contributed by atoms with Gasteiger partial charge in [-0.2, -0.15) is 0 Å². The van der Waals surface area contributed by atoms with Crippen molar-refractivity contribution in [1.29, 1.82) is 0 Å². The molecule has 190 valence electrons. The zero-order valence-corrected chi connectivity index (χ0v) is 21.4. The van der Waals surface area contributed by atoms with E-state index in [1.807, 2.05) is 49.6 Å². The number of hydrogen-bond acceptors (Lipinski definition) is 9. The van der Waals surface area contributed by atoms with Crippen LogP contribution in [-0.4, -0.2) is 45.1 Å². The second-order valence-corrected chi connectivity index (χ2v) is 8.41. The maximum atomic E-state index is 13.5. The van der Waals surface area contributed by atoms with Gasteiger partial charge in [-0.3, -0.25) is 9.78 Å². The molecule has 0 saturated carbocycles. The van der Waals surface area contributed by atoms with Crippen LogP contribution < -0.4 is 16.8 Å². The number of rotatable bonds is 8. The summed E-state index contributed by atoms with van der Waals surface area (Å²) in [6.07, 6.45) is 13.3. The third-order valence-electron chi connectivity index (χ3n) is 4.96. The van der Waals surface area contributed by atoms with Crippen molar-refractivity contribution in [2.75, 3.05) is 30.4 Å². The summed E-state index contributed by atoms with van der Waals surface area (Å²) in [4.78, 5) is 30.1. The number of nitrogens with two attached hydrogens (primary N) is 2. The lowest BCUT2D eigenvalue weighted by atomic mass is 10.1. The predicted molar refractivity (Wildman–Crippen MR) is 150 cm³/mol. The molecule has 1 aromatic carbocycles.